The van der Waals surface area contributed by atoms with Crippen LogP contribution in [0.1, 0.15) is 11.1 Å². The normalized spacial score (nSPS) is 21.1. The molecule has 2 heterocycles. The summed E-state index contributed by atoms with van der Waals surface area (Å²) in [4.78, 5) is 0. The Morgan fingerprint density at radius 2 is 0.608 bits per heavy atom. The maximum absolute atomic E-state index is 15.8. The third-order valence-electron chi connectivity index (χ3n) is 8.48. The Labute approximate surface area is 270 Å². The van der Waals surface area contributed by atoms with E-state index in [4.69, 9.17) is 0 Å². The van der Waals surface area contributed by atoms with Crippen molar-refractivity contribution >= 4 is 23.0 Å². The van der Waals surface area contributed by atoms with Crippen LogP contribution in [0.5, 0.6) is 0 Å². The number of hydrogen-bond donors (Lipinski definition) is 0. The van der Waals surface area contributed by atoms with Crippen LogP contribution in [0.4, 0.5) is 87.8 Å². The van der Waals surface area contributed by atoms with Gasteiger partial charge in [-0.2, -0.15) is 0 Å². The van der Waals surface area contributed by atoms with Crippen molar-refractivity contribution in [2.24, 2.45) is 0 Å². The number of fused-ring (bicyclic) bond motifs is 4. The molecule has 51 heavy (non-hydrogen) atoms. The van der Waals surface area contributed by atoms with Gasteiger partial charge in [-0.05, 0) is 0 Å². The molecule has 5 rings (SSSR count). The van der Waals surface area contributed by atoms with E-state index in [0.717, 1.165) is 6.07 Å². The van der Waals surface area contributed by atoms with Crippen molar-refractivity contribution in [3.05, 3.63) is 90.0 Å². The van der Waals surface area contributed by atoms with Crippen LogP contribution in [0.2, 0.25) is 0 Å². The molecular weight excluding hydrogens is 779 g/mol. The van der Waals surface area contributed by atoms with Crippen LogP contribution < -0.4 is 15.9 Å². The molecule has 0 saturated carbocycles. The fourth-order valence-electron chi connectivity index (χ4n) is 6.40. The molecule has 0 N–H and O–H groups in total. The van der Waals surface area contributed by atoms with Gasteiger partial charge in [-0.15, -0.1) is 0 Å². The molecule has 0 bridgehead atoms. The summed E-state index contributed by atoms with van der Waals surface area (Å²) in [7, 11) is -8.24. The number of hydrogen-bond acceptors (Lipinski definition) is 2. The monoisotopic (exact) mass is 792 g/mol. The van der Waals surface area contributed by atoms with Crippen molar-refractivity contribution in [2.75, 3.05) is 0 Å². The van der Waals surface area contributed by atoms with E-state index in [1.807, 2.05) is 0 Å². The summed E-state index contributed by atoms with van der Waals surface area (Å²) < 4.78 is 306. The van der Waals surface area contributed by atoms with E-state index in [-0.39, 0.29) is 48.5 Å². The van der Waals surface area contributed by atoms with Crippen molar-refractivity contribution in [2.45, 2.75) is 59.6 Å². The van der Waals surface area contributed by atoms with Gasteiger partial charge in [-0.1, -0.05) is 0 Å². The molecule has 1 spiro atoms. The van der Waals surface area contributed by atoms with Crippen LogP contribution in [-0.2, 0) is 20.2 Å². The predicted molar refractivity (Wildman–Crippen MR) is 135 cm³/mol. The zero-order valence-corrected chi connectivity index (χ0v) is 24.7. The first-order valence-corrected chi connectivity index (χ1v) is 15.4. The molecule has 2 aliphatic heterocycles. The van der Waals surface area contributed by atoms with Gasteiger partial charge in [-0.25, -0.2) is 0 Å². The number of benzene rings is 3. The number of rotatable bonds is 5. The zero-order valence-electron chi connectivity index (χ0n) is 23.8. The second kappa shape index (κ2) is 10.4. The van der Waals surface area contributed by atoms with Crippen LogP contribution >= 0.6 is 7.06 Å². The Morgan fingerprint density at radius 3 is 0.882 bits per heavy atom. The van der Waals surface area contributed by atoms with Crippen LogP contribution in [0.25, 0.3) is 0 Å². The van der Waals surface area contributed by atoms with Crippen molar-refractivity contribution in [1.82, 2.24) is 0 Å². The molecule has 3 aromatic rings. The molecular formula is C28H13F20O2P. The first kappa shape index (κ1) is 38.8. The first-order chi connectivity index (χ1) is 22.8. The minimum atomic E-state index is -8.24. The fraction of sp³-hybridized carbons (Fsp3) is 0.357. The van der Waals surface area contributed by atoms with Gasteiger partial charge in [0.15, 0.2) is 0 Å². The second-order valence-electron chi connectivity index (χ2n) is 11.2. The summed E-state index contributed by atoms with van der Waals surface area (Å²) in [5, 5.41) is -5.92. The van der Waals surface area contributed by atoms with Gasteiger partial charge in [0.05, 0.1) is 0 Å². The van der Waals surface area contributed by atoms with E-state index in [9.17, 15) is 52.7 Å². The van der Waals surface area contributed by atoms with Gasteiger partial charge in [-0.3, -0.25) is 0 Å². The summed E-state index contributed by atoms with van der Waals surface area (Å²) in [6.07, 6.45) is -30.4. The quantitative estimate of drug-likeness (QED) is 0.190. The summed E-state index contributed by atoms with van der Waals surface area (Å²) in [6, 6.07) is 2.58. The molecule has 0 fully saturated rings. The fourth-order valence-corrected chi connectivity index (χ4v) is 12.3. The minimum absolute atomic E-state index is 0.0643. The zero-order chi connectivity index (χ0) is 38.9. The summed E-state index contributed by atoms with van der Waals surface area (Å²) in [5.74, 6) is -30.6. The van der Waals surface area contributed by atoms with Gasteiger partial charge in [0.2, 0.25) is 0 Å². The molecule has 2 nitrogen and oxygen atoms in total. The summed E-state index contributed by atoms with van der Waals surface area (Å²) in [6.45, 7) is 0. The molecule has 23 heteroatoms. The average Bonchev–Trinajstić information content (AvgIpc) is 3.45. The van der Waals surface area contributed by atoms with Gasteiger partial charge >= 0.3 is 269 Å². The van der Waals surface area contributed by atoms with Crippen molar-refractivity contribution in [1.29, 1.82) is 0 Å². The van der Waals surface area contributed by atoms with E-state index in [2.05, 4.69) is 9.05 Å². The van der Waals surface area contributed by atoms with E-state index in [1.165, 1.54) is 0 Å². The van der Waals surface area contributed by atoms with Crippen LogP contribution in [0, 0.1) is 0 Å². The molecule has 0 atom stereocenters. The van der Waals surface area contributed by atoms with Crippen LogP contribution in [0.15, 0.2) is 78.9 Å². The average molecular weight is 792 g/mol. The Hall–Kier alpha value is -3.39. The molecule has 2 aliphatic rings. The van der Waals surface area contributed by atoms with Gasteiger partial charge < -0.3 is 0 Å². The topological polar surface area (TPSA) is 18.5 Å². The molecule has 0 unspecified atom stereocenters. The molecule has 0 saturated heterocycles. The SMILES string of the molecule is FC(F)(F)C(F)(F)C1(C(F)(F)C(F)(F)F)OP2(c3ccccc3)(OC(C(F)(F)C(F)(F)F)(C(F)(F)C(F)(F)F)c3ccccc32)c2ccccc21. The number of alkyl halides is 20. The Balaban J connectivity index is 2.20. The third kappa shape index (κ3) is 4.20. The molecule has 0 aliphatic carbocycles. The van der Waals surface area contributed by atoms with Crippen molar-refractivity contribution < 1.29 is 96.9 Å². The van der Waals surface area contributed by atoms with Crippen LogP contribution in [-0.4, -0.2) is 48.4 Å². The first-order valence-electron chi connectivity index (χ1n) is 13.3. The van der Waals surface area contributed by atoms with E-state index < -0.39 is 93.7 Å². The second-order valence-corrected chi connectivity index (χ2v) is 14.9. The molecule has 3 aromatic carbocycles. The maximum atomic E-state index is 15.8. The van der Waals surface area contributed by atoms with Crippen LogP contribution in [0.3, 0.4) is 0 Å². The van der Waals surface area contributed by atoms with Crippen molar-refractivity contribution in [3.8, 4) is 0 Å². The van der Waals surface area contributed by atoms with Gasteiger partial charge in [0.1, 0.15) is 0 Å². The van der Waals surface area contributed by atoms with E-state index in [1.54, 1.807) is 0 Å². The molecule has 0 amide bonds. The Bertz CT molecular complexity index is 1680. The molecule has 0 radical (unpaired) electrons. The van der Waals surface area contributed by atoms with Crippen molar-refractivity contribution in [3.63, 3.8) is 0 Å². The van der Waals surface area contributed by atoms with Gasteiger partial charge in [0, 0.05) is 0 Å². The predicted octanol–water partition coefficient (Wildman–Crippen LogP) is 9.59. The molecule has 0 aromatic heterocycles. The van der Waals surface area contributed by atoms with Gasteiger partial charge in [0.25, 0.3) is 0 Å². The molecule has 282 valence electrons. The summed E-state index contributed by atoms with van der Waals surface area (Å²) in [5.41, 5.74) is -18.9. The summed E-state index contributed by atoms with van der Waals surface area (Å²) >= 11 is 0. The third-order valence-corrected chi connectivity index (χ3v) is 13.5. The standard InChI is InChI=1S/C28H13F20O2P/c29-21(30,25(37,38)39)19(22(31,32)26(40,41)42)15-10-4-6-12-17(15)51(49-19,14-8-2-1-3-9-14)18-13-7-5-11-16(18)20(50-51,23(33,34)27(43,44)45)24(35,36)28(46,47)48/h1-13H. The van der Waals surface area contributed by atoms with E-state index in [0.29, 0.717) is 24.3 Å². The Morgan fingerprint density at radius 1 is 0.353 bits per heavy atom. The Kier molecular flexibility index (Phi) is 7.91. The van der Waals surface area contributed by atoms with E-state index >= 15 is 35.1 Å². The number of halogens is 20.